The molecule has 0 atom stereocenters. The lowest BCUT2D eigenvalue weighted by atomic mass is 9.87. The molecule has 0 aliphatic carbocycles. The van der Waals surface area contributed by atoms with Gasteiger partial charge in [-0.3, -0.25) is 0 Å². The Morgan fingerprint density at radius 2 is 0.840 bits per heavy atom. The summed E-state index contributed by atoms with van der Waals surface area (Å²) in [5, 5.41) is 11.0. The maximum absolute atomic E-state index is 6.60. The minimum atomic E-state index is 0.884. The summed E-state index contributed by atoms with van der Waals surface area (Å²) in [7, 11) is 0. The molecule has 0 bridgehead atoms. The lowest BCUT2D eigenvalue weighted by molar-refractivity contribution is 0.632. The number of benzene rings is 9. The first-order valence-corrected chi connectivity index (χ1v) is 17.1. The van der Waals surface area contributed by atoms with Crippen molar-refractivity contribution in [3.63, 3.8) is 0 Å². The van der Waals surface area contributed by atoms with E-state index in [9.17, 15) is 0 Å². The monoisotopic (exact) mass is 636 g/mol. The van der Waals surface area contributed by atoms with Gasteiger partial charge in [-0.1, -0.05) is 140 Å². The third-order valence-corrected chi connectivity index (χ3v) is 10.5. The summed E-state index contributed by atoms with van der Waals surface area (Å²) in [5.41, 5.74) is 10.8. The number of rotatable bonds is 4. The SMILES string of the molecule is c1ccc(-c2oc3ccc(-c4ccc5ccc6c(-c7ccc8c(c7)oc7ccccc78)ccc7ccc4c5c76)cc3c2-c2ccccc2)cc1. The molecule has 0 radical (unpaired) electrons. The van der Waals surface area contributed by atoms with Crippen LogP contribution in [0.25, 0.3) is 110 Å². The number of hydrogen-bond donors (Lipinski definition) is 0. The molecule has 232 valence electrons. The number of fused-ring (bicyclic) bond motifs is 4. The third-order valence-electron chi connectivity index (χ3n) is 10.5. The second-order valence-corrected chi connectivity index (χ2v) is 13.2. The van der Waals surface area contributed by atoms with E-state index in [4.69, 9.17) is 8.83 Å². The van der Waals surface area contributed by atoms with E-state index in [1.807, 2.05) is 18.2 Å². The normalized spacial score (nSPS) is 12.0. The fourth-order valence-corrected chi connectivity index (χ4v) is 8.15. The van der Waals surface area contributed by atoms with E-state index in [-0.39, 0.29) is 0 Å². The molecule has 11 rings (SSSR count). The Morgan fingerprint density at radius 3 is 1.56 bits per heavy atom. The van der Waals surface area contributed by atoms with Crippen molar-refractivity contribution in [2.24, 2.45) is 0 Å². The zero-order chi connectivity index (χ0) is 32.8. The zero-order valence-corrected chi connectivity index (χ0v) is 27.0. The van der Waals surface area contributed by atoms with Crippen molar-refractivity contribution in [2.75, 3.05) is 0 Å². The van der Waals surface area contributed by atoms with Crippen molar-refractivity contribution in [3.8, 4) is 44.7 Å². The standard InChI is InChI=1S/C48H28O2/c1-3-9-29(10-4-1)47-41-27-33(20-26-43(41)50-48(47)32-11-5-2-6-12-32)35-21-15-30-18-25-40-36(22-16-31-17-24-39(35)45(30)46(31)40)34-19-23-38-37-13-7-8-14-42(37)49-44(38)28-34/h1-28H. The summed E-state index contributed by atoms with van der Waals surface area (Å²) in [4.78, 5) is 0. The van der Waals surface area contributed by atoms with Crippen LogP contribution in [0, 0.1) is 0 Å². The Labute approximate surface area is 287 Å². The first-order valence-electron chi connectivity index (χ1n) is 17.1. The molecule has 0 fully saturated rings. The van der Waals surface area contributed by atoms with Gasteiger partial charge in [-0.25, -0.2) is 0 Å². The van der Waals surface area contributed by atoms with E-state index >= 15 is 0 Å². The van der Waals surface area contributed by atoms with E-state index in [0.717, 1.165) is 60.9 Å². The maximum atomic E-state index is 6.60. The largest absolute Gasteiger partial charge is 0.456 e. The molecule has 0 saturated carbocycles. The molecule has 2 nitrogen and oxygen atoms in total. The Bertz CT molecular complexity index is 3070. The van der Waals surface area contributed by atoms with Crippen molar-refractivity contribution in [3.05, 3.63) is 170 Å². The molecule has 0 N–H and O–H groups in total. The van der Waals surface area contributed by atoms with Gasteiger partial charge in [0.15, 0.2) is 0 Å². The molecule has 2 aromatic heterocycles. The van der Waals surface area contributed by atoms with Crippen molar-refractivity contribution >= 4 is 65.2 Å². The third kappa shape index (κ3) is 3.96. The van der Waals surface area contributed by atoms with Crippen molar-refractivity contribution in [1.82, 2.24) is 0 Å². The van der Waals surface area contributed by atoms with Crippen LogP contribution in [0.1, 0.15) is 0 Å². The first-order chi connectivity index (χ1) is 24.8. The number of furan rings is 2. The van der Waals surface area contributed by atoms with Gasteiger partial charge in [0.2, 0.25) is 0 Å². The first kappa shape index (κ1) is 27.3. The van der Waals surface area contributed by atoms with Gasteiger partial charge in [0, 0.05) is 27.3 Å². The summed E-state index contributed by atoms with van der Waals surface area (Å²) in [5.74, 6) is 0.896. The van der Waals surface area contributed by atoms with E-state index in [1.165, 1.54) is 49.0 Å². The molecular formula is C48H28O2. The smallest absolute Gasteiger partial charge is 0.143 e. The molecule has 2 heterocycles. The highest BCUT2D eigenvalue weighted by atomic mass is 16.3. The van der Waals surface area contributed by atoms with Crippen LogP contribution < -0.4 is 0 Å². The minimum absolute atomic E-state index is 0.884. The lowest BCUT2D eigenvalue weighted by Crippen LogP contribution is -1.89. The number of para-hydroxylation sites is 1. The van der Waals surface area contributed by atoms with Gasteiger partial charge in [-0.15, -0.1) is 0 Å². The molecule has 0 aliphatic heterocycles. The average molecular weight is 637 g/mol. The van der Waals surface area contributed by atoms with Crippen LogP contribution in [0.5, 0.6) is 0 Å². The summed E-state index contributed by atoms with van der Waals surface area (Å²) < 4.78 is 12.9. The molecule has 0 aliphatic rings. The van der Waals surface area contributed by atoms with Gasteiger partial charge in [0.05, 0.1) is 0 Å². The Kier molecular flexibility index (Phi) is 5.70. The molecule has 0 unspecified atom stereocenters. The minimum Gasteiger partial charge on any atom is -0.456 e. The van der Waals surface area contributed by atoms with E-state index < -0.39 is 0 Å². The Balaban J connectivity index is 1.12. The van der Waals surface area contributed by atoms with Gasteiger partial charge in [0.1, 0.15) is 22.5 Å². The number of hydrogen-bond acceptors (Lipinski definition) is 2. The molecule has 50 heavy (non-hydrogen) atoms. The van der Waals surface area contributed by atoms with Crippen LogP contribution in [-0.4, -0.2) is 0 Å². The molecule has 0 saturated heterocycles. The van der Waals surface area contributed by atoms with Crippen molar-refractivity contribution in [2.45, 2.75) is 0 Å². The summed E-state index contributed by atoms with van der Waals surface area (Å²) in [6.45, 7) is 0. The molecule has 0 amide bonds. The fraction of sp³-hybridized carbons (Fsp3) is 0. The van der Waals surface area contributed by atoms with Gasteiger partial charge in [-0.2, -0.15) is 0 Å². The average Bonchev–Trinajstić information content (AvgIpc) is 3.75. The predicted octanol–water partition coefficient (Wildman–Crippen LogP) is 13.9. The second-order valence-electron chi connectivity index (χ2n) is 13.2. The van der Waals surface area contributed by atoms with Crippen molar-refractivity contribution in [1.29, 1.82) is 0 Å². The summed E-state index contributed by atoms with van der Waals surface area (Å²) >= 11 is 0. The Morgan fingerprint density at radius 1 is 0.300 bits per heavy atom. The second kappa shape index (κ2) is 10.4. The molecule has 9 aromatic carbocycles. The topological polar surface area (TPSA) is 26.3 Å². The molecule has 0 spiro atoms. The van der Waals surface area contributed by atoms with E-state index in [2.05, 4.69) is 152 Å². The lowest BCUT2D eigenvalue weighted by Gasteiger charge is -2.16. The van der Waals surface area contributed by atoms with Crippen LogP contribution in [0.4, 0.5) is 0 Å². The quantitative estimate of drug-likeness (QED) is 0.180. The van der Waals surface area contributed by atoms with Crippen LogP contribution in [0.2, 0.25) is 0 Å². The molecule has 11 aromatic rings. The summed E-state index contributed by atoms with van der Waals surface area (Å²) in [6.07, 6.45) is 0. The highest BCUT2D eigenvalue weighted by Crippen LogP contribution is 2.46. The zero-order valence-electron chi connectivity index (χ0n) is 27.0. The van der Waals surface area contributed by atoms with Gasteiger partial charge >= 0.3 is 0 Å². The van der Waals surface area contributed by atoms with E-state index in [1.54, 1.807) is 0 Å². The van der Waals surface area contributed by atoms with Crippen molar-refractivity contribution < 1.29 is 8.83 Å². The highest BCUT2D eigenvalue weighted by molar-refractivity contribution is 6.28. The van der Waals surface area contributed by atoms with Gasteiger partial charge in [-0.05, 0) is 90.5 Å². The van der Waals surface area contributed by atoms with Crippen LogP contribution >= 0.6 is 0 Å². The van der Waals surface area contributed by atoms with Gasteiger partial charge in [0.25, 0.3) is 0 Å². The van der Waals surface area contributed by atoms with Crippen LogP contribution in [0.15, 0.2) is 179 Å². The van der Waals surface area contributed by atoms with E-state index in [0.29, 0.717) is 0 Å². The highest BCUT2D eigenvalue weighted by Gasteiger charge is 2.20. The Hall–Kier alpha value is -6.64. The van der Waals surface area contributed by atoms with Crippen LogP contribution in [-0.2, 0) is 0 Å². The molecule has 2 heteroatoms. The predicted molar refractivity (Wildman–Crippen MR) is 209 cm³/mol. The van der Waals surface area contributed by atoms with Gasteiger partial charge < -0.3 is 8.83 Å². The fourth-order valence-electron chi connectivity index (χ4n) is 8.15. The maximum Gasteiger partial charge on any atom is 0.143 e. The molecular weight excluding hydrogens is 609 g/mol. The van der Waals surface area contributed by atoms with Crippen LogP contribution in [0.3, 0.4) is 0 Å². The summed E-state index contributed by atoms with van der Waals surface area (Å²) in [6, 6.07) is 60.8.